The molecule has 0 saturated heterocycles. The number of hydrogen-bond donors (Lipinski definition) is 1. The molecule has 0 fully saturated rings. The Bertz CT molecular complexity index is 691. The van der Waals surface area contributed by atoms with Crippen molar-refractivity contribution in [3.05, 3.63) is 53.6 Å². The number of methoxy groups -OCH3 is 2. The maximum atomic E-state index is 12.4. The van der Waals surface area contributed by atoms with Crippen molar-refractivity contribution in [3.8, 4) is 11.5 Å². The third-order valence-electron chi connectivity index (χ3n) is 4.41. The lowest BCUT2D eigenvalue weighted by molar-refractivity contribution is 0.0952. The van der Waals surface area contributed by atoms with Gasteiger partial charge >= 0.3 is 0 Å². The van der Waals surface area contributed by atoms with E-state index in [0.29, 0.717) is 23.6 Å². The molecule has 1 amide bonds. The fraction of sp³-hybridized carbons (Fsp3) is 0.381. The van der Waals surface area contributed by atoms with E-state index in [0.717, 1.165) is 25.1 Å². The summed E-state index contributed by atoms with van der Waals surface area (Å²) in [5.74, 6) is 1.18. The first-order valence-electron chi connectivity index (χ1n) is 8.91. The molecule has 0 atom stereocenters. The van der Waals surface area contributed by atoms with E-state index in [1.54, 1.807) is 26.4 Å². The van der Waals surface area contributed by atoms with Crippen LogP contribution in [0.25, 0.3) is 0 Å². The van der Waals surface area contributed by atoms with Gasteiger partial charge in [-0.25, -0.2) is 0 Å². The first-order valence-corrected chi connectivity index (χ1v) is 8.91. The number of para-hydroxylation sites is 1. The van der Waals surface area contributed by atoms with Crippen molar-refractivity contribution in [2.75, 3.05) is 38.8 Å². The predicted molar refractivity (Wildman–Crippen MR) is 106 cm³/mol. The lowest BCUT2D eigenvalue weighted by Gasteiger charge is -2.23. The fourth-order valence-corrected chi connectivity index (χ4v) is 2.90. The number of ether oxygens (including phenoxy) is 2. The number of amides is 1. The van der Waals surface area contributed by atoms with E-state index in [2.05, 4.69) is 29.3 Å². The molecule has 5 heteroatoms. The van der Waals surface area contributed by atoms with Crippen LogP contribution in [0, 0.1) is 6.92 Å². The van der Waals surface area contributed by atoms with Gasteiger partial charge in [-0.3, -0.25) is 4.79 Å². The van der Waals surface area contributed by atoms with Gasteiger partial charge in [-0.05, 0) is 44.5 Å². The van der Waals surface area contributed by atoms with Gasteiger partial charge in [0.05, 0.1) is 14.2 Å². The Hall–Kier alpha value is -2.69. The first kappa shape index (κ1) is 19.6. The SMILES string of the molecule is CCN(CCCNC(=O)c1cc(OC)c(C)c(OC)c1)c1ccccc1. The molecule has 0 heterocycles. The van der Waals surface area contributed by atoms with Crippen LogP contribution in [0.3, 0.4) is 0 Å². The Morgan fingerprint density at radius 1 is 1.08 bits per heavy atom. The minimum atomic E-state index is -0.121. The summed E-state index contributed by atoms with van der Waals surface area (Å²) in [6.07, 6.45) is 0.870. The normalized spacial score (nSPS) is 10.3. The number of benzene rings is 2. The van der Waals surface area contributed by atoms with E-state index in [4.69, 9.17) is 9.47 Å². The zero-order valence-electron chi connectivity index (χ0n) is 16.0. The van der Waals surface area contributed by atoms with Crippen LogP contribution >= 0.6 is 0 Å². The molecule has 0 unspecified atom stereocenters. The summed E-state index contributed by atoms with van der Waals surface area (Å²) in [5.41, 5.74) is 2.63. The Labute approximate surface area is 155 Å². The molecule has 0 bridgehead atoms. The van der Waals surface area contributed by atoms with Gasteiger partial charge in [-0.15, -0.1) is 0 Å². The monoisotopic (exact) mass is 356 g/mol. The summed E-state index contributed by atoms with van der Waals surface area (Å²) in [5, 5.41) is 2.98. The second kappa shape index (κ2) is 9.70. The summed E-state index contributed by atoms with van der Waals surface area (Å²) in [7, 11) is 3.18. The van der Waals surface area contributed by atoms with Crippen molar-refractivity contribution < 1.29 is 14.3 Å². The highest BCUT2D eigenvalue weighted by atomic mass is 16.5. The van der Waals surface area contributed by atoms with Crippen LogP contribution in [0.5, 0.6) is 11.5 Å². The quantitative estimate of drug-likeness (QED) is 0.697. The number of hydrogen-bond acceptors (Lipinski definition) is 4. The van der Waals surface area contributed by atoms with Crippen LogP contribution in [0.2, 0.25) is 0 Å². The molecule has 2 aromatic carbocycles. The highest BCUT2D eigenvalue weighted by Gasteiger charge is 2.13. The second-order valence-electron chi connectivity index (χ2n) is 6.03. The van der Waals surface area contributed by atoms with Gasteiger partial charge < -0.3 is 19.7 Å². The van der Waals surface area contributed by atoms with E-state index in [1.807, 2.05) is 25.1 Å². The number of carbonyl (C=O) groups excluding carboxylic acids is 1. The zero-order valence-corrected chi connectivity index (χ0v) is 16.0. The first-order chi connectivity index (χ1) is 12.6. The lowest BCUT2D eigenvalue weighted by atomic mass is 10.1. The maximum absolute atomic E-state index is 12.4. The third kappa shape index (κ3) is 4.91. The van der Waals surface area contributed by atoms with Gasteiger partial charge in [0.15, 0.2) is 0 Å². The fourth-order valence-electron chi connectivity index (χ4n) is 2.90. The minimum absolute atomic E-state index is 0.121. The lowest BCUT2D eigenvalue weighted by Crippen LogP contribution is -2.30. The molecule has 26 heavy (non-hydrogen) atoms. The van der Waals surface area contributed by atoms with Crippen LogP contribution < -0.4 is 19.7 Å². The molecule has 2 aromatic rings. The highest BCUT2D eigenvalue weighted by molar-refractivity contribution is 5.95. The average molecular weight is 356 g/mol. The second-order valence-corrected chi connectivity index (χ2v) is 6.03. The van der Waals surface area contributed by atoms with Crippen LogP contribution in [0.4, 0.5) is 5.69 Å². The van der Waals surface area contributed by atoms with Crippen molar-refractivity contribution in [1.29, 1.82) is 0 Å². The Balaban J connectivity index is 1.91. The van der Waals surface area contributed by atoms with Crippen molar-refractivity contribution in [3.63, 3.8) is 0 Å². The smallest absolute Gasteiger partial charge is 0.251 e. The molecule has 0 aliphatic carbocycles. The molecule has 0 radical (unpaired) electrons. The van der Waals surface area contributed by atoms with Crippen LogP contribution in [0.15, 0.2) is 42.5 Å². The van der Waals surface area contributed by atoms with Gasteiger partial charge in [0.25, 0.3) is 5.91 Å². The Morgan fingerprint density at radius 3 is 2.23 bits per heavy atom. The van der Waals surface area contributed by atoms with Crippen molar-refractivity contribution >= 4 is 11.6 Å². The van der Waals surface area contributed by atoms with Crippen molar-refractivity contribution in [2.24, 2.45) is 0 Å². The number of carbonyl (C=O) groups is 1. The number of rotatable bonds is 9. The van der Waals surface area contributed by atoms with E-state index in [1.165, 1.54) is 5.69 Å². The Morgan fingerprint density at radius 2 is 1.69 bits per heavy atom. The van der Waals surface area contributed by atoms with E-state index < -0.39 is 0 Å². The van der Waals surface area contributed by atoms with E-state index in [-0.39, 0.29) is 5.91 Å². The molecule has 0 aliphatic rings. The molecule has 0 saturated carbocycles. The summed E-state index contributed by atoms with van der Waals surface area (Å²) in [6, 6.07) is 13.8. The molecule has 1 N–H and O–H groups in total. The molecule has 0 aromatic heterocycles. The molecular formula is C21H28N2O3. The number of anilines is 1. The summed E-state index contributed by atoms with van der Waals surface area (Å²) < 4.78 is 10.7. The number of nitrogens with zero attached hydrogens (tertiary/aromatic N) is 1. The molecule has 0 spiro atoms. The standard InChI is InChI=1S/C21H28N2O3/c1-5-23(18-10-7-6-8-11-18)13-9-12-22-21(24)17-14-19(25-3)16(2)20(15-17)26-4/h6-8,10-11,14-15H,5,9,12-13H2,1-4H3,(H,22,24). The van der Waals surface area contributed by atoms with Crippen molar-refractivity contribution in [1.82, 2.24) is 5.32 Å². The minimum Gasteiger partial charge on any atom is -0.496 e. The van der Waals surface area contributed by atoms with E-state index in [9.17, 15) is 4.79 Å². The van der Waals surface area contributed by atoms with Crippen LogP contribution in [-0.4, -0.2) is 39.8 Å². The molecule has 0 aliphatic heterocycles. The van der Waals surface area contributed by atoms with Gasteiger partial charge in [0.1, 0.15) is 11.5 Å². The summed E-state index contributed by atoms with van der Waals surface area (Å²) in [4.78, 5) is 14.7. The molecule has 140 valence electrons. The predicted octanol–water partition coefficient (Wildman–Crippen LogP) is 3.66. The zero-order chi connectivity index (χ0) is 18.9. The van der Waals surface area contributed by atoms with Gasteiger partial charge in [0.2, 0.25) is 0 Å². The summed E-state index contributed by atoms with van der Waals surface area (Å²) >= 11 is 0. The van der Waals surface area contributed by atoms with Crippen molar-refractivity contribution in [2.45, 2.75) is 20.3 Å². The third-order valence-corrected chi connectivity index (χ3v) is 4.41. The molecular weight excluding hydrogens is 328 g/mol. The molecule has 2 rings (SSSR count). The maximum Gasteiger partial charge on any atom is 0.251 e. The highest BCUT2D eigenvalue weighted by Crippen LogP contribution is 2.29. The largest absolute Gasteiger partial charge is 0.496 e. The molecule has 5 nitrogen and oxygen atoms in total. The van der Waals surface area contributed by atoms with E-state index >= 15 is 0 Å². The summed E-state index contributed by atoms with van der Waals surface area (Å²) in [6.45, 7) is 6.48. The topological polar surface area (TPSA) is 50.8 Å². The van der Waals surface area contributed by atoms with Gasteiger partial charge in [-0.2, -0.15) is 0 Å². The Kier molecular flexibility index (Phi) is 7.33. The van der Waals surface area contributed by atoms with Gasteiger partial charge in [-0.1, -0.05) is 18.2 Å². The number of nitrogens with one attached hydrogen (secondary N) is 1. The van der Waals surface area contributed by atoms with Gasteiger partial charge in [0, 0.05) is 36.4 Å². The van der Waals surface area contributed by atoms with Crippen LogP contribution in [-0.2, 0) is 0 Å². The van der Waals surface area contributed by atoms with Crippen LogP contribution in [0.1, 0.15) is 29.3 Å². The average Bonchev–Trinajstić information content (AvgIpc) is 2.68.